The number of carbonyl (C=O) groups is 1. The first-order valence-corrected chi connectivity index (χ1v) is 10.4. The molecule has 7 nitrogen and oxygen atoms in total. The zero-order chi connectivity index (χ0) is 17.6. The van der Waals surface area contributed by atoms with E-state index in [2.05, 4.69) is 0 Å². The van der Waals surface area contributed by atoms with E-state index in [1.807, 2.05) is 4.90 Å². The number of carbonyl (C=O) groups excluding carboxylic acids is 1. The van der Waals surface area contributed by atoms with Crippen LogP contribution in [0.4, 0.5) is 0 Å². The first-order chi connectivity index (χ1) is 11.9. The standard InChI is InChI=1S/C17H22N2O5S/c1-25(21,22)18-9-12-2-4-14(11-18)19(10-12)17(20)13-3-5-15-16(8-13)24-7-6-23-15/h3,5,8,12,14H,2,4,6-7,9-11H2,1H3/t12-,14+/m0/s1. The van der Waals surface area contributed by atoms with Crippen molar-refractivity contribution in [2.24, 2.45) is 5.92 Å². The van der Waals surface area contributed by atoms with E-state index < -0.39 is 10.0 Å². The van der Waals surface area contributed by atoms with Crippen molar-refractivity contribution in [3.8, 4) is 11.5 Å². The summed E-state index contributed by atoms with van der Waals surface area (Å²) in [6, 6.07) is 5.17. The van der Waals surface area contributed by atoms with Crippen molar-refractivity contribution in [2.45, 2.75) is 18.9 Å². The van der Waals surface area contributed by atoms with E-state index >= 15 is 0 Å². The molecule has 5 rings (SSSR count). The summed E-state index contributed by atoms with van der Waals surface area (Å²) in [5.41, 5.74) is 0.558. The average molecular weight is 366 g/mol. The second-order valence-electron chi connectivity index (χ2n) is 6.99. The van der Waals surface area contributed by atoms with Crippen molar-refractivity contribution in [1.82, 2.24) is 9.21 Å². The maximum atomic E-state index is 13.0. The molecule has 1 aromatic rings. The van der Waals surface area contributed by atoms with Gasteiger partial charge in [-0.15, -0.1) is 0 Å². The zero-order valence-corrected chi connectivity index (χ0v) is 15.0. The van der Waals surface area contributed by atoms with Gasteiger partial charge in [0.2, 0.25) is 10.0 Å². The van der Waals surface area contributed by atoms with Crippen LogP contribution in [0.3, 0.4) is 0 Å². The van der Waals surface area contributed by atoms with Gasteiger partial charge in [-0.05, 0) is 37.0 Å². The summed E-state index contributed by atoms with van der Waals surface area (Å²) < 4.78 is 36.5. The lowest BCUT2D eigenvalue weighted by atomic mass is 9.94. The summed E-state index contributed by atoms with van der Waals surface area (Å²) in [5, 5.41) is 0. The van der Waals surface area contributed by atoms with Crippen molar-refractivity contribution in [3.63, 3.8) is 0 Å². The van der Waals surface area contributed by atoms with E-state index in [1.165, 1.54) is 10.6 Å². The van der Waals surface area contributed by atoms with Gasteiger partial charge in [0, 0.05) is 31.2 Å². The van der Waals surface area contributed by atoms with E-state index in [-0.39, 0.29) is 17.9 Å². The molecule has 0 unspecified atom stereocenters. The molecule has 2 atom stereocenters. The number of hydrogen-bond donors (Lipinski definition) is 0. The molecule has 3 saturated heterocycles. The van der Waals surface area contributed by atoms with Gasteiger partial charge in [0.05, 0.1) is 6.26 Å². The smallest absolute Gasteiger partial charge is 0.254 e. The van der Waals surface area contributed by atoms with Gasteiger partial charge in [-0.25, -0.2) is 8.42 Å². The number of sulfonamides is 1. The summed E-state index contributed by atoms with van der Waals surface area (Å²) in [6.45, 7) is 2.47. The molecule has 2 bridgehead atoms. The van der Waals surface area contributed by atoms with Crippen molar-refractivity contribution < 1.29 is 22.7 Å². The minimum atomic E-state index is -3.24. The first kappa shape index (κ1) is 16.7. The van der Waals surface area contributed by atoms with Crippen molar-refractivity contribution in [2.75, 3.05) is 39.1 Å². The Labute approximate surface area is 147 Å². The summed E-state index contributed by atoms with van der Waals surface area (Å²) >= 11 is 0. The molecule has 0 N–H and O–H groups in total. The number of nitrogens with zero attached hydrogens (tertiary/aromatic N) is 2. The quantitative estimate of drug-likeness (QED) is 0.779. The fraction of sp³-hybridized carbons (Fsp3) is 0.588. The Bertz CT molecular complexity index is 794. The van der Waals surface area contributed by atoms with Crippen LogP contribution in [0.5, 0.6) is 11.5 Å². The highest BCUT2D eigenvalue weighted by atomic mass is 32.2. The Morgan fingerprint density at radius 1 is 1.08 bits per heavy atom. The molecular formula is C17H22N2O5S. The molecule has 1 aromatic carbocycles. The zero-order valence-electron chi connectivity index (χ0n) is 14.2. The minimum absolute atomic E-state index is 0.0676. The van der Waals surface area contributed by atoms with Gasteiger partial charge in [0.25, 0.3) is 5.91 Å². The summed E-state index contributed by atoms with van der Waals surface area (Å²) in [6.07, 6.45) is 3.04. The molecule has 136 valence electrons. The first-order valence-electron chi connectivity index (χ1n) is 8.57. The van der Waals surface area contributed by atoms with Crippen LogP contribution < -0.4 is 9.47 Å². The Morgan fingerprint density at radius 2 is 1.84 bits per heavy atom. The molecule has 0 radical (unpaired) electrons. The van der Waals surface area contributed by atoms with Crippen LogP contribution in [0.2, 0.25) is 0 Å². The van der Waals surface area contributed by atoms with Gasteiger partial charge in [-0.3, -0.25) is 4.79 Å². The van der Waals surface area contributed by atoms with Crippen LogP contribution in [0.15, 0.2) is 18.2 Å². The summed E-state index contributed by atoms with van der Waals surface area (Å²) in [7, 11) is -3.24. The van der Waals surface area contributed by atoms with E-state index in [0.717, 1.165) is 12.8 Å². The predicted molar refractivity (Wildman–Crippen MR) is 91.4 cm³/mol. The average Bonchev–Trinajstić information content (AvgIpc) is 2.93. The highest BCUT2D eigenvalue weighted by molar-refractivity contribution is 7.88. The molecule has 0 aliphatic carbocycles. The Morgan fingerprint density at radius 3 is 2.60 bits per heavy atom. The minimum Gasteiger partial charge on any atom is -0.486 e. The van der Waals surface area contributed by atoms with Gasteiger partial charge in [0.1, 0.15) is 13.2 Å². The van der Waals surface area contributed by atoms with E-state index in [0.29, 0.717) is 49.9 Å². The Balaban J connectivity index is 1.58. The fourth-order valence-corrected chi connectivity index (χ4v) is 4.83. The molecule has 0 spiro atoms. The Kier molecular flexibility index (Phi) is 4.11. The van der Waals surface area contributed by atoms with Gasteiger partial charge < -0.3 is 14.4 Å². The third-order valence-electron chi connectivity index (χ3n) is 5.20. The van der Waals surface area contributed by atoms with E-state index in [1.54, 1.807) is 18.2 Å². The number of amides is 1. The number of ether oxygens (including phenoxy) is 2. The predicted octanol–water partition coefficient (Wildman–Crippen LogP) is 0.954. The SMILES string of the molecule is CS(=O)(=O)N1C[C@@H]2CC[C@H](C1)N(C(=O)c1ccc3c(c1)OCCO3)C2. The van der Waals surface area contributed by atoms with Crippen molar-refractivity contribution in [3.05, 3.63) is 23.8 Å². The summed E-state index contributed by atoms with van der Waals surface area (Å²) in [4.78, 5) is 14.9. The van der Waals surface area contributed by atoms with Crippen LogP contribution in [-0.2, 0) is 10.0 Å². The number of benzene rings is 1. The van der Waals surface area contributed by atoms with Crippen molar-refractivity contribution in [1.29, 1.82) is 0 Å². The molecule has 3 fully saturated rings. The lowest BCUT2D eigenvalue weighted by Gasteiger charge is -2.36. The van der Waals surface area contributed by atoms with E-state index in [9.17, 15) is 13.2 Å². The maximum absolute atomic E-state index is 13.0. The number of fused-ring (bicyclic) bond motifs is 5. The second kappa shape index (κ2) is 6.17. The molecular weight excluding hydrogens is 344 g/mol. The highest BCUT2D eigenvalue weighted by Gasteiger charge is 2.40. The molecule has 0 saturated carbocycles. The van der Waals surface area contributed by atoms with Crippen LogP contribution in [0.25, 0.3) is 0 Å². The van der Waals surface area contributed by atoms with Crippen LogP contribution in [0, 0.1) is 5.92 Å². The molecule has 1 amide bonds. The highest BCUT2D eigenvalue weighted by Crippen LogP contribution is 2.34. The summed E-state index contributed by atoms with van der Waals surface area (Å²) in [5.74, 6) is 1.37. The number of piperidine rings is 1. The molecule has 8 heteroatoms. The maximum Gasteiger partial charge on any atom is 0.254 e. The normalized spacial score (nSPS) is 26.4. The largest absolute Gasteiger partial charge is 0.486 e. The van der Waals surface area contributed by atoms with Gasteiger partial charge in [0.15, 0.2) is 11.5 Å². The van der Waals surface area contributed by atoms with Gasteiger partial charge >= 0.3 is 0 Å². The third kappa shape index (κ3) is 3.20. The van der Waals surface area contributed by atoms with Gasteiger partial charge in [-0.2, -0.15) is 4.31 Å². The number of rotatable bonds is 2. The molecule has 0 aromatic heterocycles. The van der Waals surface area contributed by atoms with Crippen LogP contribution in [-0.4, -0.2) is 68.7 Å². The lowest BCUT2D eigenvalue weighted by Crippen LogP contribution is -2.47. The Hall–Kier alpha value is -1.80. The van der Waals surface area contributed by atoms with Crippen molar-refractivity contribution >= 4 is 15.9 Å². The fourth-order valence-electron chi connectivity index (χ4n) is 3.90. The third-order valence-corrected chi connectivity index (χ3v) is 6.44. The van der Waals surface area contributed by atoms with Gasteiger partial charge in [-0.1, -0.05) is 0 Å². The monoisotopic (exact) mass is 366 g/mol. The van der Waals surface area contributed by atoms with E-state index in [4.69, 9.17) is 9.47 Å². The lowest BCUT2D eigenvalue weighted by molar-refractivity contribution is 0.0587. The molecule has 4 aliphatic heterocycles. The van der Waals surface area contributed by atoms with Crippen LogP contribution >= 0.6 is 0 Å². The molecule has 4 heterocycles. The van der Waals surface area contributed by atoms with Crippen LogP contribution in [0.1, 0.15) is 23.2 Å². The second-order valence-corrected chi connectivity index (χ2v) is 8.98. The molecule has 4 aliphatic rings. The topological polar surface area (TPSA) is 76.2 Å². The number of hydrogen-bond acceptors (Lipinski definition) is 5. The molecule has 25 heavy (non-hydrogen) atoms.